The van der Waals surface area contributed by atoms with Gasteiger partial charge in [-0.1, -0.05) is 23.8 Å². The zero-order valence-corrected chi connectivity index (χ0v) is 20.5. The van der Waals surface area contributed by atoms with Crippen LogP contribution in [-0.2, 0) is 15.1 Å². The van der Waals surface area contributed by atoms with E-state index in [4.69, 9.17) is 14.2 Å². The van der Waals surface area contributed by atoms with Crippen LogP contribution in [0.1, 0.15) is 18.1 Å². The van der Waals surface area contributed by atoms with E-state index in [9.17, 15) is 14.4 Å². The summed E-state index contributed by atoms with van der Waals surface area (Å²) in [7, 11) is 2.99. The summed E-state index contributed by atoms with van der Waals surface area (Å²) in [5.41, 5.74) is 0.789. The second kappa shape index (κ2) is 9.99. The van der Waals surface area contributed by atoms with Crippen LogP contribution >= 0.6 is 0 Å². The molecule has 1 aliphatic rings. The van der Waals surface area contributed by atoms with Crippen molar-refractivity contribution in [3.63, 3.8) is 0 Å². The number of imide groups is 1. The van der Waals surface area contributed by atoms with Gasteiger partial charge in [0.1, 0.15) is 23.6 Å². The highest BCUT2D eigenvalue weighted by atomic mass is 16.5. The average molecular weight is 490 g/mol. The average Bonchev–Trinajstić information content (AvgIpc) is 3.09. The third-order valence-corrected chi connectivity index (χ3v) is 5.93. The zero-order chi connectivity index (χ0) is 25.9. The molecule has 1 saturated heterocycles. The zero-order valence-electron chi connectivity index (χ0n) is 20.5. The Morgan fingerprint density at radius 2 is 1.53 bits per heavy atom. The number of hydrogen-bond acceptors (Lipinski definition) is 6. The van der Waals surface area contributed by atoms with Gasteiger partial charge in [-0.2, -0.15) is 0 Å². The van der Waals surface area contributed by atoms with Gasteiger partial charge in [-0.15, -0.1) is 0 Å². The standard InChI is InChI=1S/C27H27N3O6/c1-17-5-10-20(11-6-17)36-21-12-8-19(9-13-21)28-24(31)16-30-25(32)27(2,29-26(30)33)18-7-14-22(34-3)23(15-18)35-4/h5-15H,16H2,1-4H3,(H,28,31)(H,29,33). The van der Waals surface area contributed by atoms with Crippen LogP contribution in [-0.4, -0.2) is 43.5 Å². The van der Waals surface area contributed by atoms with Crippen LogP contribution in [0.5, 0.6) is 23.0 Å². The van der Waals surface area contributed by atoms with E-state index in [2.05, 4.69) is 10.6 Å². The number of nitrogens with zero attached hydrogens (tertiary/aromatic N) is 1. The summed E-state index contributed by atoms with van der Waals surface area (Å²) < 4.78 is 16.3. The molecular weight excluding hydrogens is 462 g/mol. The molecule has 1 heterocycles. The van der Waals surface area contributed by atoms with E-state index >= 15 is 0 Å². The van der Waals surface area contributed by atoms with Gasteiger partial charge < -0.3 is 24.8 Å². The summed E-state index contributed by atoms with van der Waals surface area (Å²) in [5, 5.41) is 5.39. The normalized spacial score (nSPS) is 16.9. The number of rotatable bonds is 8. The topological polar surface area (TPSA) is 106 Å². The monoisotopic (exact) mass is 489 g/mol. The van der Waals surface area contributed by atoms with Gasteiger partial charge in [0.15, 0.2) is 11.5 Å². The van der Waals surface area contributed by atoms with Crippen molar-refractivity contribution in [1.82, 2.24) is 10.2 Å². The molecule has 0 aromatic heterocycles. The highest BCUT2D eigenvalue weighted by Crippen LogP contribution is 2.35. The highest BCUT2D eigenvalue weighted by Gasteiger charge is 2.49. The summed E-state index contributed by atoms with van der Waals surface area (Å²) in [6.07, 6.45) is 0. The van der Waals surface area contributed by atoms with E-state index in [0.29, 0.717) is 34.2 Å². The number of nitrogens with one attached hydrogen (secondary N) is 2. The molecule has 9 heteroatoms. The fourth-order valence-electron chi connectivity index (χ4n) is 3.88. The fourth-order valence-corrected chi connectivity index (χ4v) is 3.88. The third-order valence-electron chi connectivity index (χ3n) is 5.93. The molecule has 0 saturated carbocycles. The summed E-state index contributed by atoms with van der Waals surface area (Å²) in [6, 6.07) is 18.7. The molecule has 4 amide bonds. The lowest BCUT2D eigenvalue weighted by molar-refractivity contribution is -0.133. The number of urea groups is 1. The number of carbonyl (C=O) groups is 3. The molecule has 1 unspecified atom stereocenters. The molecule has 1 fully saturated rings. The fraction of sp³-hybridized carbons (Fsp3) is 0.222. The van der Waals surface area contributed by atoms with E-state index in [1.807, 2.05) is 31.2 Å². The van der Waals surface area contributed by atoms with Gasteiger partial charge in [-0.05, 0) is 67.9 Å². The molecule has 9 nitrogen and oxygen atoms in total. The molecule has 0 spiro atoms. The maximum atomic E-state index is 13.2. The Labute approximate surface area is 209 Å². The molecule has 0 bridgehead atoms. The first-order valence-corrected chi connectivity index (χ1v) is 11.2. The van der Waals surface area contributed by atoms with Gasteiger partial charge in [-0.25, -0.2) is 4.79 Å². The van der Waals surface area contributed by atoms with Gasteiger partial charge in [0.25, 0.3) is 5.91 Å². The Balaban J connectivity index is 1.40. The van der Waals surface area contributed by atoms with Gasteiger partial charge in [0, 0.05) is 5.69 Å². The lowest BCUT2D eigenvalue weighted by Crippen LogP contribution is -2.42. The molecule has 1 aliphatic heterocycles. The summed E-state index contributed by atoms with van der Waals surface area (Å²) in [6.45, 7) is 3.14. The third kappa shape index (κ3) is 4.95. The van der Waals surface area contributed by atoms with Gasteiger partial charge in [-0.3, -0.25) is 14.5 Å². The number of benzene rings is 3. The van der Waals surface area contributed by atoms with Crippen LogP contribution in [0.15, 0.2) is 66.7 Å². The van der Waals surface area contributed by atoms with Crippen LogP contribution in [0, 0.1) is 6.92 Å². The number of methoxy groups -OCH3 is 2. The SMILES string of the molecule is COc1ccc(C2(C)NC(=O)N(CC(=O)Nc3ccc(Oc4ccc(C)cc4)cc3)C2=O)cc1OC. The summed E-state index contributed by atoms with van der Waals surface area (Å²) in [5.74, 6) is 1.17. The predicted molar refractivity (Wildman–Crippen MR) is 133 cm³/mol. The minimum Gasteiger partial charge on any atom is -0.493 e. The molecule has 1 atom stereocenters. The molecule has 186 valence electrons. The van der Waals surface area contributed by atoms with Crippen LogP contribution in [0.3, 0.4) is 0 Å². The maximum absolute atomic E-state index is 13.2. The van der Waals surface area contributed by atoms with E-state index < -0.39 is 29.9 Å². The van der Waals surface area contributed by atoms with Crippen LogP contribution in [0.25, 0.3) is 0 Å². The Kier molecular flexibility index (Phi) is 6.82. The van der Waals surface area contributed by atoms with Crippen molar-refractivity contribution in [3.05, 3.63) is 77.9 Å². The molecule has 3 aromatic rings. The van der Waals surface area contributed by atoms with Crippen molar-refractivity contribution in [3.8, 4) is 23.0 Å². The predicted octanol–water partition coefficient (Wildman–Crippen LogP) is 4.21. The number of hydrogen-bond donors (Lipinski definition) is 2. The molecule has 4 rings (SSSR count). The van der Waals surface area contributed by atoms with Crippen LogP contribution in [0.4, 0.5) is 10.5 Å². The quantitative estimate of drug-likeness (QED) is 0.459. The van der Waals surface area contributed by atoms with E-state index in [1.54, 1.807) is 49.4 Å². The Bertz CT molecular complexity index is 1290. The molecule has 36 heavy (non-hydrogen) atoms. The molecule has 2 N–H and O–H groups in total. The van der Waals surface area contributed by atoms with Crippen molar-refractivity contribution in [1.29, 1.82) is 0 Å². The lowest BCUT2D eigenvalue weighted by Gasteiger charge is -2.23. The number of amides is 4. The first-order chi connectivity index (χ1) is 17.2. The van der Waals surface area contributed by atoms with Crippen molar-refractivity contribution in [2.75, 3.05) is 26.1 Å². The van der Waals surface area contributed by atoms with E-state index in [1.165, 1.54) is 14.2 Å². The van der Waals surface area contributed by atoms with Crippen molar-refractivity contribution in [2.24, 2.45) is 0 Å². The molecule has 0 aliphatic carbocycles. The van der Waals surface area contributed by atoms with E-state index in [-0.39, 0.29) is 0 Å². The van der Waals surface area contributed by atoms with Gasteiger partial charge in [0.2, 0.25) is 5.91 Å². The van der Waals surface area contributed by atoms with E-state index in [0.717, 1.165) is 10.5 Å². The Morgan fingerprint density at radius 1 is 0.917 bits per heavy atom. The Morgan fingerprint density at radius 3 is 2.14 bits per heavy atom. The van der Waals surface area contributed by atoms with Crippen molar-refractivity contribution >= 4 is 23.5 Å². The second-order valence-corrected chi connectivity index (χ2v) is 8.50. The van der Waals surface area contributed by atoms with Crippen molar-refractivity contribution in [2.45, 2.75) is 19.4 Å². The first-order valence-electron chi connectivity index (χ1n) is 11.2. The first kappa shape index (κ1) is 24.6. The highest BCUT2D eigenvalue weighted by molar-refractivity contribution is 6.10. The lowest BCUT2D eigenvalue weighted by atomic mass is 9.91. The minimum absolute atomic E-state index is 0.421. The largest absolute Gasteiger partial charge is 0.493 e. The second-order valence-electron chi connectivity index (χ2n) is 8.50. The van der Waals surface area contributed by atoms with Crippen molar-refractivity contribution < 1.29 is 28.6 Å². The summed E-state index contributed by atoms with van der Waals surface area (Å²) >= 11 is 0. The minimum atomic E-state index is -1.36. The molecule has 3 aromatic carbocycles. The van der Waals surface area contributed by atoms with Gasteiger partial charge in [0.05, 0.1) is 14.2 Å². The maximum Gasteiger partial charge on any atom is 0.325 e. The smallest absolute Gasteiger partial charge is 0.325 e. The number of carbonyl (C=O) groups excluding carboxylic acids is 3. The van der Waals surface area contributed by atoms with Gasteiger partial charge >= 0.3 is 6.03 Å². The van der Waals surface area contributed by atoms with Crippen LogP contribution < -0.4 is 24.8 Å². The van der Waals surface area contributed by atoms with Crippen LogP contribution in [0.2, 0.25) is 0 Å². The number of ether oxygens (including phenoxy) is 3. The molecular formula is C27H27N3O6. The number of aryl methyl sites for hydroxylation is 1. The molecule has 0 radical (unpaired) electrons. The Hall–Kier alpha value is -4.53. The summed E-state index contributed by atoms with van der Waals surface area (Å²) in [4.78, 5) is 39.3. The number of anilines is 1.